The fourth-order valence-corrected chi connectivity index (χ4v) is 2.61. The van der Waals surface area contributed by atoms with Gasteiger partial charge < -0.3 is 4.74 Å². The van der Waals surface area contributed by atoms with Crippen LogP contribution in [0.4, 0.5) is 0 Å². The van der Waals surface area contributed by atoms with E-state index >= 15 is 0 Å². The van der Waals surface area contributed by atoms with Gasteiger partial charge in [0.25, 0.3) is 0 Å². The Morgan fingerprint density at radius 2 is 2.46 bits per heavy atom. The summed E-state index contributed by atoms with van der Waals surface area (Å²) in [5.74, 6) is 1.42. The van der Waals surface area contributed by atoms with Crippen LogP contribution in [-0.2, 0) is 9.53 Å². The van der Waals surface area contributed by atoms with Crippen molar-refractivity contribution in [1.29, 1.82) is 0 Å². The molecule has 2 aliphatic carbocycles. The molecular weight excluding hydrogens is 164 g/mol. The van der Waals surface area contributed by atoms with Crippen molar-refractivity contribution >= 4 is 5.97 Å². The van der Waals surface area contributed by atoms with Gasteiger partial charge in [-0.25, -0.2) is 4.79 Å². The molecule has 72 valence electrons. The molecule has 2 heteroatoms. The number of hydrogen-bond acceptors (Lipinski definition) is 2. The van der Waals surface area contributed by atoms with Crippen LogP contribution in [0.3, 0.4) is 0 Å². The summed E-state index contributed by atoms with van der Waals surface area (Å²) in [6.45, 7) is 2.33. The Hall–Kier alpha value is -0.790. The van der Waals surface area contributed by atoms with Crippen LogP contribution in [0.25, 0.3) is 0 Å². The maximum Gasteiger partial charge on any atom is 0.330 e. The molecular formula is C11H16O2. The molecule has 0 aromatic heterocycles. The summed E-state index contributed by atoms with van der Waals surface area (Å²) in [6.07, 6.45) is 6.84. The first-order valence-corrected chi connectivity index (χ1v) is 5.16. The molecule has 0 radical (unpaired) electrons. The first-order chi connectivity index (χ1) is 6.29. The van der Waals surface area contributed by atoms with Gasteiger partial charge in [-0.1, -0.05) is 5.57 Å². The van der Waals surface area contributed by atoms with E-state index in [0.717, 1.165) is 12.3 Å². The minimum Gasteiger partial charge on any atom is -0.463 e. The molecule has 2 nitrogen and oxygen atoms in total. The maximum absolute atomic E-state index is 11.2. The van der Waals surface area contributed by atoms with Gasteiger partial charge >= 0.3 is 5.97 Å². The fourth-order valence-electron chi connectivity index (χ4n) is 2.61. The van der Waals surface area contributed by atoms with Gasteiger partial charge in [0.1, 0.15) is 0 Å². The Labute approximate surface area is 79.0 Å². The van der Waals surface area contributed by atoms with E-state index in [4.69, 9.17) is 4.74 Å². The first-order valence-electron chi connectivity index (χ1n) is 5.16. The second-order valence-corrected chi connectivity index (χ2v) is 4.05. The number of esters is 1. The molecule has 2 aliphatic rings. The molecule has 0 spiro atoms. The summed E-state index contributed by atoms with van der Waals surface area (Å²) < 4.78 is 4.90. The lowest BCUT2D eigenvalue weighted by atomic mass is 9.94. The van der Waals surface area contributed by atoms with Gasteiger partial charge in [0.05, 0.1) is 6.61 Å². The SMILES string of the molecule is CCOC(=O)/C=C1\C[C@@H]2CC[C@H]1C2. The highest BCUT2D eigenvalue weighted by molar-refractivity contribution is 5.83. The molecule has 0 N–H and O–H groups in total. The molecule has 2 bridgehead atoms. The third-order valence-corrected chi connectivity index (χ3v) is 3.18. The standard InChI is InChI=1S/C11H16O2/c1-2-13-11(12)7-10-6-8-3-4-9(10)5-8/h7-9H,2-6H2,1H3/b10-7+/t8-,9+/m1/s1. The van der Waals surface area contributed by atoms with Gasteiger partial charge in [-0.05, 0) is 44.4 Å². The van der Waals surface area contributed by atoms with Crippen molar-refractivity contribution in [2.45, 2.75) is 32.6 Å². The normalized spacial score (nSPS) is 34.1. The quantitative estimate of drug-likeness (QED) is 0.481. The zero-order valence-corrected chi connectivity index (χ0v) is 8.08. The van der Waals surface area contributed by atoms with Crippen molar-refractivity contribution < 1.29 is 9.53 Å². The number of hydrogen-bond donors (Lipinski definition) is 0. The molecule has 13 heavy (non-hydrogen) atoms. The summed E-state index contributed by atoms with van der Waals surface area (Å²) in [5.41, 5.74) is 1.34. The van der Waals surface area contributed by atoms with Crippen LogP contribution in [0, 0.1) is 11.8 Å². The Morgan fingerprint density at radius 3 is 3.00 bits per heavy atom. The Kier molecular flexibility index (Phi) is 2.38. The van der Waals surface area contributed by atoms with Crippen LogP contribution >= 0.6 is 0 Å². The predicted octanol–water partition coefficient (Wildman–Crippen LogP) is 2.30. The van der Waals surface area contributed by atoms with E-state index in [1.807, 2.05) is 6.92 Å². The fraction of sp³-hybridized carbons (Fsp3) is 0.727. The molecule has 2 rings (SSSR count). The van der Waals surface area contributed by atoms with E-state index in [1.165, 1.54) is 24.8 Å². The van der Waals surface area contributed by atoms with Gasteiger partial charge in [0, 0.05) is 6.08 Å². The van der Waals surface area contributed by atoms with Crippen LogP contribution in [-0.4, -0.2) is 12.6 Å². The van der Waals surface area contributed by atoms with Crippen LogP contribution in [0.5, 0.6) is 0 Å². The van der Waals surface area contributed by atoms with Gasteiger partial charge in [-0.15, -0.1) is 0 Å². The summed E-state index contributed by atoms with van der Waals surface area (Å²) in [5, 5.41) is 0. The molecule has 0 heterocycles. The lowest BCUT2D eigenvalue weighted by molar-refractivity contribution is -0.137. The highest BCUT2D eigenvalue weighted by atomic mass is 16.5. The average molecular weight is 180 g/mol. The number of fused-ring (bicyclic) bond motifs is 2. The van der Waals surface area contributed by atoms with E-state index in [9.17, 15) is 4.79 Å². The van der Waals surface area contributed by atoms with Crippen LogP contribution < -0.4 is 0 Å². The molecule has 0 saturated heterocycles. The highest BCUT2D eigenvalue weighted by Crippen LogP contribution is 2.47. The number of carbonyl (C=O) groups excluding carboxylic acids is 1. The molecule has 0 amide bonds. The van der Waals surface area contributed by atoms with E-state index < -0.39 is 0 Å². The molecule has 2 atom stereocenters. The molecule has 2 saturated carbocycles. The number of carbonyl (C=O) groups is 1. The van der Waals surface area contributed by atoms with Crippen molar-refractivity contribution in [3.05, 3.63) is 11.6 Å². The predicted molar refractivity (Wildman–Crippen MR) is 50.2 cm³/mol. The van der Waals surface area contributed by atoms with Crippen LogP contribution in [0.2, 0.25) is 0 Å². The van der Waals surface area contributed by atoms with Crippen molar-refractivity contribution in [1.82, 2.24) is 0 Å². The minimum absolute atomic E-state index is 0.148. The second kappa shape index (κ2) is 3.52. The second-order valence-electron chi connectivity index (χ2n) is 4.05. The third kappa shape index (κ3) is 1.77. The molecule has 2 fully saturated rings. The van der Waals surface area contributed by atoms with Gasteiger partial charge in [-0.2, -0.15) is 0 Å². The van der Waals surface area contributed by atoms with E-state index in [-0.39, 0.29) is 5.97 Å². The summed E-state index contributed by atoms with van der Waals surface area (Å²) in [6, 6.07) is 0. The first kappa shape index (κ1) is 8.79. The van der Waals surface area contributed by atoms with Crippen molar-refractivity contribution in [3.8, 4) is 0 Å². The Balaban J connectivity index is 1.97. The van der Waals surface area contributed by atoms with Crippen LogP contribution in [0.15, 0.2) is 11.6 Å². The average Bonchev–Trinajstić information content (AvgIpc) is 2.65. The largest absolute Gasteiger partial charge is 0.463 e. The topological polar surface area (TPSA) is 26.3 Å². The highest BCUT2D eigenvalue weighted by Gasteiger charge is 2.35. The summed E-state index contributed by atoms with van der Waals surface area (Å²) >= 11 is 0. The van der Waals surface area contributed by atoms with Crippen LogP contribution in [0.1, 0.15) is 32.6 Å². The Morgan fingerprint density at radius 1 is 1.62 bits per heavy atom. The molecule has 0 unspecified atom stereocenters. The zero-order chi connectivity index (χ0) is 9.26. The smallest absolute Gasteiger partial charge is 0.330 e. The number of allylic oxidation sites excluding steroid dienone is 1. The van der Waals surface area contributed by atoms with E-state index in [1.54, 1.807) is 6.08 Å². The Bertz CT molecular complexity index is 242. The maximum atomic E-state index is 11.2. The van der Waals surface area contributed by atoms with Gasteiger partial charge in [0.15, 0.2) is 0 Å². The monoisotopic (exact) mass is 180 g/mol. The van der Waals surface area contributed by atoms with Crippen molar-refractivity contribution in [3.63, 3.8) is 0 Å². The lowest BCUT2D eigenvalue weighted by Gasteiger charge is -2.12. The summed E-state index contributed by atoms with van der Waals surface area (Å²) in [7, 11) is 0. The number of rotatable bonds is 2. The van der Waals surface area contributed by atoms with Crippen molar-refractivity contribution in [2.75, 3.05) is 6.61 Å². The lowest BCUT2D eigenvalue weighted by Crippen LogP contribution is -2.05. The van der Waals surface area contributed by atoms with E-state index in [0.29, 0.717) is 12.5 Å². The zero-order valence-electron chi connectivity index (χ0n) is 8.08. The minimum atomic E-state index is -0.148. The summed E-state index contributed by atoms with van der Waals surface area (Å²) in [4.78, 5) is 11.2. The van der Waals surface area contributed by atoms with Gasteiger partial charge in [0.2, 0.25) is 0 Å². The van der Waals surface area contributed by atoms with Gasteiger partial charge in [-0.3, -0.25) is 0 Å². The van der Waals surface area contributed by atoms with Crippen molar-refractivity contribution in [2.24, 2.45) is 11.8 Å². The molecule has 0 aromatic carbocycles. The molecule has 0 aliphatic heterocycles. The van der Waals surface area contributed by atoms with E-state index in [2.05, 4.69) is 0 Å². The number of ether oxygens (including phenoxy) is 1. The molecule has 0 aromatic rings. The third-order valence-electron chi connectivity index (χ3n) is 3.18.